The second kappa shape index (κ2) is 12.3. The fraction of sp³-hybridized carbons (Fsp3) is 0. The Morgan fingerprint density at radius 1 is 0.148 bits per heavy atom. The van der Waals surface area contributed by atoms with E-state index in [9.17, 15) is 0 Å². The first-order chi connectivity index (χ1) is 26.7. The maximum Gasteiger partial charge on any atom is -0.00987 e. The van der Waals surface area contributed by atoms with Crippen LogP contribution >= 0.6 is 0 Å². The quantitative estimate of drug-likeness (QED) is 0.162. The van der Waals surface area contributed by atoms with E-state index in [0.717, 1.165) is 0 Å². The van der Waals surface area contributed by atoms with Gasteiger partial charge in [-0.1, -0.05) is 170 Å². The average molecular weight is 683 g/mol. The summed E-state index contributed by atoms with van der Waals surface area (Å²) in [5.74, 6) is 0. The number of fused-ring (bicyclic) bond motifs is 10. The van der Waals surface area contributed by atoms with Gasteiger partial charge >= 0.3 is 0 Å². The molecule has 0 amide bonds. The molecule has 0 heteroatoms. The van der Waals surface area contributed by atoms with Gasteiger partial charge in [-0.05, 0) is 146 Å². The summed E-state index contributed by atoms with van der Waals surface area (Å²) in [6, 6.07) is 76.2. The highest BCUT2D eigenvalue weighted by molar-refractivity contribution is 6.20. The molecule has 0 spiro atoms. The molecule has 0 aliphatic carbocycles. The summed E-state index contributed by atoms with van der Waals surface area (Å²) in [7, 11) is 0. The first-order valence-corrected chi connectivity index (χ1v) is 18.7. The SMILES string of the molecule is c1ccc(-c2cc(-c3ccccc3)cc(-c3ccc4ccc5c6cc(-c7ccc8ccc9c%10ccccc%10ccc9c8c7)ccc6ccc5c4c3)c2)cc1. The van der Waals surface area contributed by atoms with E-state index in [0.29, 0.717) is 0 Å². The molecule has 0 heterocycles. The van der Waals surface area contributed by atoms with Crippen molar-refractivity contribution in [2.24, 2.45) is 0 Å². The number of benzene rings is 11. The maximum absolute atomic E-state index is 2.39. The summed E-state index contributed by atoms with van der Waals surface area (Å²) >= 11 is 0. The van der Waals surface area contributed by atoms with Gasteiger partial charge in [-0.15, -0.1) is 0 Å². The van der Waals surface area contributed by atoms with Crippen molar-refractivity contribution in [3.63, 3.8) is 0 Å². The lowest BCUT2D eigenvalue weighted by Gasteiger charge is -2.14. The Morgan fingerprint density at radius 2 is 0.463 bits per heavy atom. The van der Waals surface area contributed by atoms with Crippen LogP contribution in [0.25, 0.3) is 109 Å². The highest BCUT2D eigenvalue weighted by Crippen LogP contribution is 2.39. The van der Waals surface area contributed by atoms with Crippen molar-refractivity contribution in [2.75, 3.05) is 0 Å². The Kier molecular flexibility index (Phi) is 6.97. The van der Waals surface area contributed by atoms with Crippen molar-refractivity contribution in [2.45, 2.75) is 0 Å². The van der Waals surface area contributed by atoms with Crippen LogP contribution in [0.15, 0.2) is 206 Å². The third-order valence-electron chi connectivity index (χ3n) is 11.4. The topological polar surface area (TPSA) is 0 Å². The first kappa shape index (κ1) is 30.6. The van der Waals surface area contributed by atoms with Crippen molar-refractivity contribution in [3.8, 4) is 44.5 Å². The van der Waals surface area contributed by atoms with E-state index in [1.54, 1.807) is 0 Å². The Hall–Kier alpha value is -7.02. The molecular formula is C54H34. The summed E-state index contributed by atoms with van der Waals surface area (Å²) in [6.45, 7) is 0. The predicted molar refractivity (Wildman–Crippen MR) is 233 cm³/mol. The van der Waals surface area contributed by atoms with Gasteiger partial charge in [-0.2, -0.15) is 0 Å². The van der Waals surface area contributed by atoms with E-state index in [-0.39, 0.29) is 0 Å². The van der Waals surface area contributed by atoms with Crippen LogP contribution in [-0.2, 0) is 0 Å². The molecule has 0 aromatic heterocycles. The van der Waals surface area contributed by atoms with Crippen molar-refractivity contribution in [1.82, 2.24) is 0 Å². The molecule has 0 fully saturated rings. The third-order valence-corrected chi connectivity index (χ3v) is 11.4. The fourth-order valence-electron chi connectivity index (χ4n) is 8.61. The molecule has 0 N–H and O–H groups in total. The summed E-state index contributed by atoms with van der Waals surface area (Å²) in [4.78, 5) is 0. The smallest absolute Gasteiger partial charge is 0.00987 e. The Morgan fingerprint density at radius 3 is 0.907 bits per heavy atom. The third kappa shape index (κ3) is 5.07. The summed E-state index contributed by atoms with van der Waals surface area (Å²) in [6.07, 6.45) is 0. The van der Waals surface area contributed by atoms with Gasteiger partial charge in [0.1, 0.15) is 0 Å². The highest BCUT2D eigenvalue weighted by Gasteiger charge is 2.12. The normalized spacial score (nSPS) is 11.7. The van der Waals surface area contributed by atoms with Crippen LogP contribution in [0.3, 0.4) is 0 Å². The molecule has 0 saturated heterocycles. The molecule has 0 atom stereocenters. The van der Waals surface area contributed by atoms with Crippen LogP contribution in [0.5, 0.6) is 0 Å². The van der Waals surface area contributed by atoms with Crippen LogP contribution in [0.1, 0.15) is 0 Å². The van der Waals surface area contributed by atoms with E-state index in [1.807, 2.05) is 0 Å². The highest BCUT2D eigenvalue weighted by atomic mass is 14.2. The lowest BCUT2D eigenvalue weighted by molar-refractivity contribution is 1.57. The van der Waals surface area contributed by atoms with Crippen LogP contribution < -0.4 is 0 Å². The van der Waals surface area contributed by atoms with E-state index in [2.05, 4.69) is 206 Å². The van der Waals surface area contributed by atoms with E-state index >= 15 is 0 Å². The molecule has 0 aliphatic rings. The van der Waals surface area contributed by atoms with Gasteiger partial charge in [0.2, 0.25) is 0 Å². The van der Waals surface area contributed by atoms with Crippen molar-refractivity contribution in [1.29, 1.82) is 0 Å². The van der Waals surface area contributed by atoms with E-state index in [4.69, 9.17) is 0 Å². The molecule has 0 radical (unpaired) electrons. The fourth-order valence-corrected chi connectivity index (χ4v) is 8.61. The number of hydrogen-bond acceptors (Lipinski definition) is 0. The van der Waals surface area contributed by atoms with E-state index in [1.165, 1.54) is 109 Å². The van der Waals surface area contributed by atoms with E-state index < -0.39 is 0 Å². The van der Waals surface area contributed by atoms with Gasteiger partial charge < -0.3 is 0 Å². The van der Waals surface area contributed by atoms with Crippen molar-refractivity contribution >= 4 is 64.6 Å². The maximum atomic E-state index is 2.39. The molecule has 0 aliphatic heterocycles. The molecule has 0 bridgehead atoms. The summed E-state index contributed by atoms with van der Waals surface area (Å²) in [5, 5.41) is 15.3. The van der Waals surface area contributed by atoms with Crippen LogP contribution in [0, 0.1) is 0 Å². The van der Waals surface area contributed by atoms with Gasteiger partial charge in [0.05, 0.1) is 0 Å². The lowest BCUT2D eigenvalue weighted by atomic mass is 9.90. The molecule has 0 saturated carbocycles. The number of rotatable bonds is 4. The van der Waals surface area contributed by atoms with Gasteiger partial charge in [-0.25, -0.2) is 0 Å². The zero-order valence-electron chi connectivity index (χ0n) is 29.6. The Balaban J connectivity index is 1.06. The zero-order chi connectivity index (χ0) is 35.6. The Bertz CT molecular complexity index is 3190. The van der Waals surface area contributed by atoms with Crippen LogP contribution in [0.4, 0.5) is 0 Å². The second-order valence-electron chi connectivity index (χ2n) is 14.5. The molecule has 11 aromatic carbocycles. The monoisotopic (exact) mass is 682 g/mol. The van der Waals surface area contributed by atoms with Gasteiger partial charge in [-0.3, -0.25) is 0 Å². The molecule has 0 unspecified atom stereocenters. The molecule has 0 nitrogen and oxygen atoms in total. The van der Waals surface area contributed by atoms with Crippen LogP contribution in [-0.4, -0.2) is 0 Å². The molecular weight excluding hydrogens is 649 g/mol. The van der Waals surface area contributed by atoms with Crippen molar-refractivity contribution in [3.05, 3.63) is 206 Å². The number of hydrogen-bond donors (Lipinski definition) is 0. The van der Waals surface area contributed by atoms with Gasteiger partial charge in [0.25, 0.3) is 0 Å². The summed E-state index contributed by atoms with van der Waals surface area (Å²) in [5.41, 5.74) is 9.78. The predicted octanol–water partition coefficient (Wildman–Crippen LogP) is 15.3. The van der Waals surface area contributed by atoms with Gasteiger partial charge in [0.15, 0.2) is 0 Å². The zero-order valence-corrected chi connectivity index (χ0v) is 29.6. The average Bonchev–Trinajstić information content (AvgIpc) is 3.25. The van der Waals surface area contributed by atoms with Crippen LogP contribution in [0.2, 0.25) is 0 Å². The summed E-state index contributed by atoms with van der Waals surface area (Å²) < 4.78 is 0. The standard InChI is InChI=1S/C54H34/c1-3-9-35(10-4-1)44-29-45(36-11-5-2-6-12-36)31-46(30-44)43-20-17-40-24-27-50-51(54(40)34-43)28-23-39-16-19-42(33-53(39)50)41-18-15-38-22-25-48-47-14-8-7-13-37(47)21-26-49(48)52(38)32-41/h1-34H. The molecule has 250 valence electrons. The largest absolute Gasteiger partial charge is 0.0622 e. The second-order valence-corrected chi connectivity index (χ2v) is 14.5. The van der Waals surface area contributed by atoms with Crippen molar-refractivity contribution < 1.29 is 0 Å². The minimum absolute atomic E-state index is 1.22. The molecule has 11 rings (SSSR count). The first-order valence-electron chi connectivity index (χ1n) is 18.7. The minimum atomic E-state index is 1.22. The Labute approximate surface area is 314 Å². The lowest BCUT2D eigenvalue weighted by Crippen LogP contribution is -1.87. The minimum Gasteiger partial charge on any atom is -0.0622 e. The molecule has 54 heavy (non-hydrogen) atoms. The van der Waals surface area contributed by atoms with Gasteiger partial charge in [0, 0.05) is 0 Å². The molecule has 11 aromatic rings.